The lowest BCUT2D eigenvalue weighted by atomic mass is 10.1. The number of halogens is 1. The molecule has 1 fully saturated rings. The maximum Gasteiger partial charge on any atom is 0.259 e. The first-order valence-electron chi connectivity index (χ1n) is 10.4. The van der Waals surface area contributed by atoms with Crippen LogP contribution >= 0.6 is 11.3 Å². The maximum atomic E-state index is 14.1. The predicted octanol–water partition coefficient (Wildman–Crippen LogP) is 3.47. The summed E-state index contributed by atoms with van der Waals surface area (Å²) in [6, 6.07) is 4.37. The van der Waals surface area contributed by atoms with Crippen LogP contribution in [0.15, 0.2) is 24.5 Å². The number of primary amides is 1. The van der Waals surface area contributed by atoms with Crippen LogP contribution < -0.4 is 15.8 Å². The van der Waals surface area contributed by atoms with Crippen LogP contribution in [0.4, 0.5) is 15.9 Å². The van der Waals surface area contributed by atoms with Gasteiger partial charge in [-0.05, 0) is 44.0 Å². The van der Waals surface area contributed by atoms with Crippen molar-refractivity contribution in [2.75, 3.05) is 38.7 Å². The van der Waals surface area contributed by atoms with E-state index in [0.717, 1.165) is 32.5 Å². The van der Waals surface area contributed by atoms with Crippen LogP contribution in [0.2, 0.25) is 0 Å². The molecular formula is C22H26FN5O3S. The summed E-state index contributed by atoms with van der Waals surface area (Å²) in [6.07, 6.45) is 3.26. The van der Waals surface area contributed by atoms with Gasteiger partial charge in [0, 0.05) is 26.3 Å². The number of hydrogen-bond donors (Lipinski definition) is 2. The first-order valence-corrected chi connectivity index (χ1v) is 11.3. The summed E-state index contributed by atoms with van der Waals surface area (Å²) in [5, 5.41) is 3.96. The Labute approximate surface area is 189 Å². The molecule has 0 saturated carbocycles. The molecule has 4 rings (SSSR count). The quantitative estimate of drug-likeness (QED) is 0.532. The number of nitrogens with zero attached hydrogens (tertiary/aromatic N) is 3. The lowest BCUT2D eigenvalue weighted by Crippen LogP contribution is -2.42. The molecule has 32 heavy (non-hydrogen) atoms. The highest BCUT2D eigenvalue weighted by molar-refractivity contribution is 7.20. The van der Waals surface area contributed by atoms with E-state index in [0.29, 0.717) is 44.5 Å². The average Bonchev–Trinajstić information content (AvgIpc) is 3.12. The van der Waals surface area contributed by atoms with Crippen LogP contribution in [0.3, 0.4) is 0 Å². The maximum absolute atomic E-state index is 14.1. The van der Waals surface area contributed by atoms with Gasteiger partial charge < -0.3 is 20.5 Å². The fourth-order valence-electron chi connectivity index (χ4n) is 3.94. The van der Waals surface area contributed by atoms with E-state index in [-0.39, 0.29) is 11.9 Å². The Bertz CT molecular complexity index is 1120. The average molecular weight is 460 g/mol. The number of nitrogens with one attached hydrogen (secondary N) is 1. The van der Waals surface area contributed by atoms with Gasteiger partial charge in [-0.25, -0.2) is 14.4 Å². The molecule has 10 heteroatoms. The van der Waals surface area contributed by atoms with Crippen molar-refractivity contribution < 1.29 is 18.7 Å². The highest BCUT2D eigenvalue weighted by Gasteiger charge is 2.23. The number of aryl methyl sites for hydroxylation is 1. The number of anilines is 2. The number of piperidine rings is 1. The van der Waals surface area contributed by atoms with Crippen LogP contribution in [0.25, 0.3) is 10.2 Å². The summed E-state index contributed by atoms with van der Waals surface area (Å²) in [7, 11) is 1.69. The zero-order chi connectivity index (χ0) is 22.7. The van der Waals surface area contributed by atoms with Gasteiger partial charge in [0.05, 0.1) is 22.6 Å². The van der Waals surface area contributed by atoms with Gasteiger partial charge in [-0.1, -0.05) is 0 Å². The summed E-state index contributed by atoms with van der Waals surface area (Å²) >= 11 is 1.23. The van der Waals surface area contributed by atoms with Gasteiger partial charge in [0.2, 0.25) is 0 Å². The number of amides is 1. The lowest BCUT2D eigenvalue weighted by molar-refractivity contribution is 0.0685. The molecule has 1 aliphatic heterocycles. The zero-order valence-electron chi connectivity index (χ0n) is 18.1. The van der Waals surface area contributed by atoms with Crippen LogP contribution in [0.1, 0.15) is 28.1 Å². The first kappa shape index (κ1) is 22.4. The molecule has 1 saturated heterocycles. The second-order valence-electron chi connectivity index (χ2n) is 7.76. The monoisotopic (exact) mass is 459 g/mol. The Morgan fingerprint density at radius 1 is 1.41 bits per heavy atom. The number of fused-ring (bicyclic) bond motifs is 1. The topological polar surface area (TPSA) is 103 Å². The Kier molecular flexibility index (Phi) is 6.83. The lowest BCUT2D eigenvalue weighted by Gasteiger charge is -2.33. The molecule has 1 amide bonds. The van der Waals surface area contributed by atoms with E-state index in [2.05, 4.69) is 20.2 Å². The van der Waals surface area contributed by atoms with Crippen LogP contribution in [-0.2, 0) is 4.74 Å². The van der Waals surface area contributed by atoms with Crippen molar-refractivity contribution in [2.45, 2.75) is 25.9 Å². The number of carbonyl (C=O) groups excluding carboxylic acids is 1. The number of hydrogen-bond acceptors (Lipinski definition) is 8. The van der Waals surface area contributed by atoms with E-state index in [1.54, 1.807) is 13.2 Å². The number of ether oxygens (including phenoxy) is 2. The first-order chi connectivity index (χ1) is 15.5. The highest BCUT2D eigenvalue weighted by atomic mass is 32.1. The molecule has 1 aliphatic rings. The van der Waals surface area contributed by atoms with E-state index < -0.39 is 5.91 Å². The summed E-state index contributed by atoms with van der Waals surface area (Å²) in [4.78, 5) is 23.8. The van der Waals surface area contributed by atoms with E-state index >= 15 is 0 Å². The van der Waals surface area contributed by atoms with Gasteiger partial charge in [0.25, 0.3) is 5.91 Å². The molecule has 170 valence electrons. The molecule has 2 aromatic heterocycles. The molecule has 0 unspecified atom stereocenters. The van der Waals surface area contributed by atoms with Crippen LogP contribution in [0.5, 0.6) is 5.75 Å². The van der Waals surface area contributed by atoms with Gasteiger partial charge >= 0.3 is 0 Å². The van der Waals surface area contributed by atoms with Crippen molar-refractivity contribution in [3.05, 3.63) is 40.8 Å². The van der Waals surface area contributed by atoms with Crippen molar-refractivity contribution in [3.8, 4) is 5.75 Å². The molecule has 1 atom stereocenters. The Morgan fingerprint density at radius 3 is 3.03 bits per heavy atom. The van der Waals surface area contributed by atoms with Gasteiger partial charge in [0.15, 0.2) is 0 Å². The zero-order valence-corrected chi connectivity index (χ0v) is 18.9. The third kappa shape index (κ3) is 4.82. The number of aromatic nitrogens is 2. The van der Waals surface area contributed by atoms with Crippen LogP contribution in [-0.4, -0.2) is 60.2 Å². The summed E-state index contributed by atoms with van der Waals surface area (Å²) < 4.78 is 25.5. The molecule has 0 aliphatic carbocycles. The highest BCUT2D eigenvalue weighted by Crippen LogP contribution is 2.36. The van der Waals surface area contributed by atoms with E-state index in [4.69, 9.17) is 15.2 Å². The van der Waals surface area contributed by atoms with E-state index in [1.807, 2.05) is 6.92 Å². The SMILES string of the molecule is COCCN1CCC[C@H](Oc2cc(F)ccc2Nc2ncnc3sc(C(N)=O)c(C)c23)C1. The Hall–Kier alpha value is -2.82. The molecular weight excluding hydrogens is 433 g/mol. The van der Waals surface area contributed by atoms with Gasteiger partial charge in [-0.3, -0.25) is 9.69 Å². The van der Waals surface area contributed by atoms with Gasteiger partial charge in [0.1, 0.15) is 34.6 Å². The number of benzene rings is 1. The minimum Gasteiger partial charge on any atom is -0.487 e. The largest absolute Gasteiger partial charge is 0.487 e. The summed E-state index contributed by atoms with van der Waals surface area (Å²) in [5.41, 5.74) is 6.80. The number of rotatable bonds is 8. The van der Waals surface area contributed by atoms with Crippen molar-refractivity contribution in [1.29, 1.82) is 0 Å². The molecule has 0 bridgehead atoms. The Balaban J connectivity index is 1.60. The molecule has 3 aromatic rings. The smallest absolute Gasteiger partial charge is 0.259 e. The van der Waals surface area contributed by atoms with Crippen molar-refractivity contribution in [1.82, 2.24) is 14.9 Å². The van der Waals surface area contributed by atoms with Gasteiger partial charge in [-0.15, -0.1) is 11.3 Å². The van der Waals surface area contributed by atoms with Crippen molar-refractivity contribution in [2.24, 2.45) is 5.73 Å². The second-order valence-corrected chi connectivity index (χ2v) is 8.76. The number of nitrogens with two attached hydrogens (primary N) is 1. The minimum atomic E-state index is -0.502. The fraction of sp³-hybridized carbons (Fsp3) is 0.409. The van der Waals surface area contributed by atoms with E-state index in [9.17, 15) is 9.18 Å². The molecule has 0 radical (unpaired) electrons. The fourth-order valence-corrected chi connectivity index (χ4v) is 4.94. The standard InChI is InChI=1S/C22H26FN5O3S/c1-13-18-21(25-12-26-22(18)32-19(13)20(24)29)27-16-6-5-14(23)10-17(16)31-15-4-3-7-28(11-15)8-9-30-2/h5-6,10,12,15H,3-4,7-9,11H2,1-2H3,(H2,24,29)(H,25,26,27)/t15-/m0/s1. The van der Waals surface area contributed by atoms with Crippen molar-refractivity contribution in [3.63, 3.8) is 0 Å². The summed E-state index contributed by atoms with van der Waals surface area (Å²) in [6.45, 7) is 5.06. The normalized spacial score (nSPS) is 16.9. The summed E-state index contributed by atoms with van der Waals surface area (Å²) in [5.74, 6) is 0.0437. The van der Waals surface area contributed by atoms with Crippen molar-refractivity contribution >= 4 is 39.0 Å². The molecule has 1 aromatic carbocycles. The number of methoxy groups -OCH3 is 1. The third-order valence-electron chi connectivity index (χ3n) is 5.51. The molecule has 8 nitrogen and oxygen atoms in total. The number of likely N-dealkylation sites (tertiary alicyclic amines) is 1. The van der Waals surface area contributed by atoms with E-state index in [1.165, 1.54) is 29.8 Å². The second kappa shape index (κ2) is 9.76. The molecule has 3 heterocycles. The molecule has 3 N–H and O–H groups in total. The number of carbonyl (C=O) groups is 1. The minimum absolute atomic E-state index is 0.0577. The van der Waals surface area contributed by atoms with Gasteiger partial charge in [-0.2, -0.15) is 0 Å². The number of thiophene rings is 1. The Morgan fingerprint density at radius 2 is 2.25 bits per heavy atom. The molecule has 0 spiro atoms. The third-order valence-corrected chi connectivity index (χ3v) is 6.73. The predicted molar refractivity (Wildman–Crippen MR) is 122 cm³/mol. The van der Waals surface area contributed by atoms with Crippen LogP contribution in [0, 0.1) is 12.7 Å².